The summed E-state index contributed by atoms with van der Waals surface area (Å²) >= 11 is 0. The van der Waals surface area contributed by atoms with Gasteiger partial charge in [-0.15, -0.1) is 6.58 Å². The molecule has 0 aromatic rings. The van der Waals surface area contributed by atoms with Crippen LogP contribution in [0.15, 0.2) is 24.8 Å². The zero-order chi connectivity index (χ0) is 24.5. The van der Waals surface area contributed by atoms with Crippen molar-refractivity contribution in [1.29, 1.82) is 0 Å². The van der Waals surface area contributed by atoms with Crippen LogP contribution < -0.4 is 0 Å². The van der Waals surface area contributed by atoms with Crippen molar-refractivity contribution in [2.24, 2.45) is 11.8 Å². The molecule has 0 aliphatic rings. The molecular formula is C26H58O4. The predicted octanol–water partition coefficient (Wildman–Crippen LogP) is 7.32. The minimum absolute atomic E-state index is 0.250. The van der Waals surface area contributed by atoms with E-state index in [1.54, 1.807) is 13.0 Å². The second-order valence-electron chi connectivity index (χ2n) is 6.64. The van der Waals surface area contributed by atoms with E-state index in [1.165, 1.54) is 12.8 Å². The van der Waals surface area contributed by atoms with Crippen LogP contribution in [0.2, 0.25) is 0 Å². The molecule has 0 aliphatic heterocycles. The largest absolute Gasteiger partial charge is 0.397 e. The lowest BCUT2D eigenvalue weighted by atomic mass is 10.1. The van der Waals surface area contributed by atoms with E-state index in [0.717, 1.165) is 52.0 Å². The summed E-state index contributed by atoms with van der Waals surface area (Å²) in [7, 11) is 0. The summed E-state index contributed by atoms with van der Waals surface area (Å²) < 4.78 is 15.4. The number of allylic oxidation sites excluding steroid dienone is 2. The van der Waals surface area contributed by atoms with E-state index in [-0.39, 0.29) is 6.61 Å². The quantitative estimate of drug-likeness (QED) is 0.258. The van der Waals surface area contributed by atoms with E-state index < -0.39 is 0 Å². The van der Waals surface area contributed by atoms with Gasteiger partial charge in [0, 0.05) is 39.6 Å². The fourth-order valence-corrected chi connectivity index (χ4v) is 1.87. The van der Waals surface area contributed by atoms with Gasteiger partial charge in [0.25, 0.3) is 0 Å². The molecule has 0 saturated carbocycles. The van der Waals surface area contributed by atoms with Crippen LogP contribution in [0.4, 0.5) is 0 Å². The summed E-state index contributed by atoms with van der Waals surface area (Å²) in [5.41, 5.74) is 0. The number of aliphatic hydroxyl groups is 1. The number of aliphatic hydroxyl groups excluding tert-OH is 1. The Kier molecular flexibility index (Phi) is 61.6. The average Bonchev–Trinajstić information content (AvgIpc) is 2.72. The third kappa shape index (κ3) is 71.1. The zero-order valence-electron chi connectivity index (χ0n) is 22.3. The first-order chi connectivity index (χ1) is 14.4. The fourth-order valence-electron chi connectivity index (χ4n) is 1.87. The first kappa shape index (κ1) is 39.8. The second-order valence-corrected chi connectivity index (χ2v) is 6.64. The molecule has 4 heteroatoms. The lowest BCUT2D eigenvalue weighted by molar-refractivity contribution is 0.113. The van der Waals surface area contributed by atoms with Gasteiger partial charge in [0.15, 0.2) is 0 Å². The lowest BCUT2D eigenvalue weighted by Gasteiger charge is -2.08. The Morgan fingerprint density at radius 3 is 1.53 bits per heavy atom. The number of hydrogen-bond acceptors (Lipinski definition) is 4. The Morgan fingerprint density at radius 1 is 0.800 bits per heavy atom. The molecule has 30 heavy (non-hydrogen) atoms. The summed E-state index contributed by atoms with van der Waals surface area (Å²) in [6.45, 7) is 29.2. The van der Waals surface area contributed by atoms with E-state index in [0.29, 0.717) is 5.92 Å². The Labute approximate surface area is 191 Å². The molecule has 0 fully saturated rings. The summed E-state index contributed by atoms with van der Waals surface area (Å²) in [6.07, 6.45) is 9.65. The van der Waals surface area contributed by atoms with Crippen LogP contribution in [0.5, 0.6) is 0 Å². The molecule has 0 aromatic carbocycles. The van der Waals surface area contributed by atoms with E-state index in [1.807, 2.05) is 34.6 Å². The van der Waals surface area contributed by atoms with Crippen LogP contribution in [0.1, 0.15) is 88.5 Å². The molecule has 1 N–H and O–H groups in total. The van der Waals surface area contributed by atoms with E-state index >= 15 is 0 Å². The standard InChI is InChI=1S/C8H18O.C8H16O.C5H12O.C3H6.C2H6O/c2*1-4-6-8(3)7-9-5-2;1-3-5-6-4-2;1-3-2;1-2-3/h8H,4-7H2,1-3H3;4,6,8H,5,7H2,1-3H3;3-5H2,1-2H3;3H,1H2,2H3;3H,2H2,1H3. The van der Waals surface area contributed by atoms with Crippen molar-refractivity contribution in [2.45, 2.75) is 88.5 Å². The lowest BCUT2D eigenvalue weighted by Crippen LogP contribution is -2.04. The van der Waals surface area contributed by atoms with Gasteiger partial charge < -0.3 is 19.3 Å². The van der Waals surface area contributed by atoms with Crippen molar-refractivity contribution in [2.75, 3.05) is 46.2 Å². The Morgan fingerprint density at radius 2 is 1.23 bits per heavy atom. The topological polar surface area (TPSA) is 47.9 Å². The van der Waals surface area contributed by atoms with Crippen molar-refractivity contribution < 1.29 is 19.3 Å². The van der Waals surface area contributed by atoms with E-state index in [2.05, 4.69) is 46.4 Å². The second kappa shape index (κ2) is 46.5. The highest BCUT2D eigenvalue weighted by Crippen LogP contribution is 2.04. The van der Waals surface area contributed by atoms with Gasteiger partial charge in [0.1, 0.15) is 0 Å². The van der Waals surface area contributed by atoms with Gasteiger partial charge in [-0.3, -0.25) is 0 Å². The molecule has 186 valence electrons. The molecule has 0 amide bonds. The zero-order valence-corrected chi connectivity index (χ0v) is 22.3. The van der Waals surface area contributed by atoms with Gasteiger partial charge in [-0.05, 0) is 66.2 Å². The average molecular weight is 435 g/mol. The monoisotopic (exact) mass is 434 g/mol. The third-order valence-electron chi connectivity index (χ3n) is 3.05. The SMILES string of the molecule is C=CC.CC=CC(C)COCC.CCCC(C)COCC.CCCOCC.CCO. The van der Waals surface area contributed by atoms with Crippen molar-refractivity contribution >= 4 is 0 Å². The highest BCUT2D eigenvalue weighted by Gasteiger charge is 1.97. The maximum atomic E-state index is 7.57. The van der Waals surface area contributed by atoms with Gasteiger partial charge in [0.2, 0.25) is 0 Å². The Bertz CT molecular complexity index is 264. The van der Waals surface area contributed by atoms with Crippen LogP contribution in [-0.4, -0.2) is 51.4 Å². The summed E-state index contributed by atoms with van der Waals surface area (Å²) in [4.78, 5) is 0. The highest BCUT2D eigenvalue weighted by molar-refractivity contribution is 4.82. The molecule has 0 heterocycles. The predicted molar refractivity (Wildman–Crippen MR) is 136 cm³/mol. The molecule has 0 rings (SSSR count). The van der Waals surface area contributed by atoms with E-state index in [9.17, 15) is 0 Å². The van der Waals surface area contributed by atoms with E-state index in [4.69, 9.17) is 19.3 Å². The van der Waals surface area contributed by atoms with Crippen molar-refractivity contribution in [1.82, 2.24) is 0 Å². The van der Waals surface area contributed by atoms with Crippen LogP contribution >= 0.6 is 0 Å². The van der Waals surface area contributed by atoms with Crippen molar-refractivity contribution in [3.63, 3.8) is 0 Å². The molecule has 2 unspecified atom stereocenters. The molecule has 0 spiro atoms. The van der Waals surface area contributed by atoms with Gasteiger partial charge in [-0.2, -0.15) is 0 Å². The normalized spacial score (nSPS) is 11.3. The fraction of sp³-hybridized carbons (Fsp3) is 0.846. The first-order valence-electron chi connectivity index (χ1n) is 11.9. The van der Waals surface area contributed by atoms with Crippen molar-refractivity contribution in [3.8, 4) is 0 Å². The van der Waals surface area contributed by atoms with Crippen LogP contribution in [0, 0.1) is 11.8 Å². The number of hydrogen-bond donors (Lipinski definition) is 1. The molecule has 0 saturated heterocycles. The summed E-state index contributed by atoms with van der Waals surface area (Å²) in [6, 6.07) is 0. The van der Waals surface area contributed by atoms with Gasteiger partial charge in [0.05, 0.1) is 6.61 Å². The van der Waals surface area contributed by atoms with Crippen LogP contribution in [-0.2, 0) is 14.2 Å². The van der Waals surface area contributed by atoms with Gasteiger partial charge in [-0.25, -0.2) is 0 Å². The Balaban J connectivity index is -0.0000000932. The summed E-state index contributed by atoms with van der Waals surface area (Å²) in [5, 5.41) is 7.57. The molecular weight excluding hydrogens is 376 g/mol. The maximum absolute atomic E-state index is 7.57. The Hall–Kier alpha value is -0.680. The first-order valence-corrected chi connectivity index (χ1v) is 11.9. The smallest absolute Gasteiger partial charge is 0.0525 e. The molecule has 4 nitrogen and oxygen atoms in total. The van der Waals surface area contributed by atoms with Crippen LogP contribution in [0.25, 0.3) is 0 Å². The number of ether oxygens (including phenoxy) is 3. The van der Waals surface area contributed by atoms with Gasteiger partial charge >= 0.3 is 0 Å². The molecule has 0 aliphatic carbocycles. The molecule has 0 radical (unpaired) electrons. The highest BCUT2D eigenvalue weighted by atomic mass is 16.5. The van der Waals surface area contributed by atoms with Gasteiger partial charge in [-0.1, -0.05) is 52.3 Å². The molecule has 0 bridgehead atoms. The maximum Gasteiger partial charge on any atom is 0.0525 e. The molecule has 2 atom stereocenters. The third-order valence-corrected chi connectivity index (χ3v) is 3.05. The number of rotatable bonds is 12. The minimum atomic E-state index is 0.250. The van der Waals surface area contributed by atoms with Crippen LogP contribution in [0.3, 0.4) is 0 Å². The summed E-state index contributed by atoms with van der Waals surface area (Å²) in [5.74, 6) is 1.31. The minimum Gasteiger partial charge on any atom is -0.397 e. The molecule has 0 aromatic heterocycles. The van der Waals surface area contributed by atoms with Crippen molar-refractivity contribution in [3.05, 3.63) is 24.8 Å².